The van der Waals surface area contributed by atoms with Crippen LogP contribution < -0.4 is 5.32 Å². The second-order valence-electron chi connectivity index (χ2n) is 13.1. The molecule has 0 bridgehead atoms. The van der Waals surface area contributed by atoms with E-state index in [0.717, 1.165) is 12.1 Å². The Morgan fingerprint density at radius 3 is 2.42 bits per heavy atom. The molecule has 1 saturated carbocycles. The minimum absolute atomic E-state index is 0.184. The smallest absolute Gasteiger partial charge is 0.322 e. The van der Waals surface area contributed by atoms with Crippen molar-refractivity contribution in [1.29, 1.82) is 5.26 Å². The van der Waals surface area contributed by atoms with Crippen LogP contribution in [0.2, 0.25) is 0 Å². The molecule has 2 aliphatic carbocycles. The highest BCUT2D eigenvalue weighted by molar-refractivity contribution is 6.17. The maximum Gasteiger partial charge on any atom is 0.411 e. The number of hydrogen-bond donors (Lipinski definition) is 1. The Bertz CT molecular complexity index is 1910. The summed E-state index contributed by atoms with van der Waals surface area (Å²) in [7, 11) is 1.94. The molecule has 1 N–H and O–H groups in total. The fourth-order valence-electron chi connectivity index (χ4n) is 7.30. The SMILES string of the molecule is CN1CC(CC#N)(n2cc(-c3ccc4c(c3)C(=O)C[C@]43NC(=O)N(CC(=O)N(Cc4ccc(F)cc4)C4(C(F)(F)F)CC4)C3=O)cn2)C1. The van der Waals surface area contributed by atoms with E-state index in [0.29, 0.717) is 34.0 Å². The molecule has 2 aliphatic heterocycles. The first-order chi connectivity index (χ1) is 22.7. The van der Waals surface area contributed by atoms with Crippen LogP contribution in [0.5, 0.6) is 0 Å². The van der Waals surface area contributed by atoms with Crippen LogP contribution in [0, 0.1) is 17.1 Å². The number of urea groups is 1. The Labute approximate surface area is 271 Å². The van der Waals surface area contributed by atoms with Crippen molar-refractivity contribution in [1.82, 2.24) is 29.8 Å². The normalized spacial score (nSPS) is 22.3. The number of rotatable bonds is 8. The third-order valence-corrected chi connectivity index (χ3v) is 9.94. The van der Waals surface area contributed by atoms with Crippen LogP contribution in [-0.4, -0.2) is 86.5 Å². The maximum atomic E-state index is 14.2. The molecule has 11 nitrogen and oxygen atoms in total. The van der Waals surface area contributed by atoms with Gasteiger partial charge in [0.25, 0.3) is 5.91 Å². The molecule has 4 aliphatic rings. The van der Waals surface area contributed by atoms with E-state index in [1.54, 1.807) is 35.3 Å². The monoisotopic (exact) mass is 663 g/mol. The second-order valence-corrected chi connectivity index (χ2v) is 13.1. The number of benzene rings is 2. The quantitative estimate of drug-likeness (QED) is 0.287. The summed E-state index contributed by atoms with van der Waals surface area (Å²) >= 11 is 0. The van der Waals surface area contributed by atoms with Gasteiger partial charge in [-0.3, -0.25) is 24.0 Å². The fraction of sp³-hybridized carbons (Fsp3) is 0.394. The molecule has 0 radical (unpaired) electrons. The van der Waals surface area contributed by atoms with Gasteiger partial charge in [-0.1, -0.05) is 24.3 Å². The maximum absolute atomic E-state index is 14.2. The van der Waals surface area contributed by atoms with Crippen molar-refractivity contribution in [2.75, 3.05) is 26.7 Å². The molecule has 2 saturated heterocycles. The summed E-state index contributed by atoms with van der Waals surface area (Å²) in [5, 5.41) is 16.4. The predicted octanol–water partition coefficient (Wildman–Crippen LogP) is 3.70. The first-order valence-corrected chi connectivity index (χ1v) is 15.3. The third-order valence-electron chi connectivity index (χ3n) is 9.94. The zero-order valence-corrected chi connectivity index (χ0v) is 25.7. The van der Waals surface area contributed by atoms with E-state index in [-0.39, 0.29) is 36.0 Å². The lowest BCUT2D eigenvalue weighted by Gasteiger charge is -2.47. The van der Waals surface area contributed by atoms with Gasteiger partial charge in [-0.25, -0.2) is 9.18 Å². The van der Waals surface area contributed by atoms with E-state index in [4.69, 9.17) is 0 Å². The van der Waals surface area contributed by atoms with E-state index < -0.39 is 71.7 Å². The summed E-state index contributed by atoms with van der Waals surface area (Å²) in [6.45, 7) is -0.196. The number of nitriles is 1. The van der Waals surface area contributed by atoms with Crippen molar-refractivity contribution in [3.63, 3.8) is 0 Å². The van der Waals surface area contributed by atoms with Crippen LogP contribution in [0.15, 0.2) is 54.9 Å². The Morgan fingerprint density at radius 2 is 1.79 bits per heavy atom. The van der Waals surface area contributed by atoms with E-state index in [1.165, 1.54) is 12.1 Å². The molecule has 7 rings (SSSR count). The Balaban J connectivity index is 1.14. The lowest BCUT2D eigenvalue weighted by Crippen LogP contribution is -2.61. The number of aromatic nitrogens is 2. The molecule has 1 aromatic heterocycles. The van der Waals surface area contributed by atoms with Crippen molar-refractivity contribution in [2.45, 2.75) is 55.0 Å². The largest absolute Gasteiger partial charge is 0.411 e. The predicted molar refractivity (Wildman–Crippen MR) is 159 cm³/mol. The van der Waals surface area contributed by atoms with Gasteiger partial charge in [0.1, 0.15) is 23.4 Å². The number of nitrogens with zero attached hydrogens (tertiary/aromatic N) is 6. The number of amides is 4. The zero-order valence-electron chi connectivity index (χ0n) is 25.7. The number of halogens is 4. The number of hydrogen-bond acceptors (Lipinski definition) is 7. The number of likely N-dealkylation sites (N-methyl/N-ethyl adjacent to an activating group) is 1. The van der Waals surface area contributed by atoms with Crippen LogP contribution in [0.25, 0.3) is 11.1 Å². The van der Waals surface area contributed by atoms with E-state index in [9.17, 15) is 42.0 Å². The Hall–Kier alpha value is -5.10. The molecule has 3 heterocycles. The highest BCUT2D eigenvalue weighted by Crippen LogP contribution is 2.54. The first-order valence-electron chi connectivity index (χ1n) is 15.3. The van der Waals surface area contributed by atoms with Crippen LogP contribution in [0.1, 0.15) is 47.2 Å². The minimum atomic E-state index is -4.78. The summed E-state index contributed by atoms with van der Waals surface area (Å²) in [6, 6.07) is 10.7. The molecule has 15 heteroatoms. The van der Waals surface area contributed by atoms with Crippen LogP contribution in [0.3, 0.4) is 0 Å². The standard InChI is InChI=1S/C33H29F4N7O4/c1-41-18-30(19-41,10-11-38)44-16-22(14-39-44)21-4-7-25-24(12-21)26(45)13-32(25)28(47)42(29(48)40-32)17-27(46)43(31(8-9-31)33(35,36)37)15-20-2-5-23(34)6-3-20/h2-7,12,14,16H,8-10,13,15,17-19H2,1H3,(H,40,48)/t32-/m0/s1. The highest BCUT2D eigenvalue weighted by Gasteiger charge is 2.68. The van der Waals surface area contributed by atoms with E-state index in [1.807, 2.05) is 7.05 Å². The lowest BCUT2D eigenvalue weighted by molar-refractivity contribution is -0.202. The first kappa shape index (κ1) is 31.5. The van der Waals surface area contributed by atoms with Crippen molar-refractivity contribution < 1.29 is 36.7 Å². The number of carbonyl (C=O) groups excluding carboxylic acids is 4. The van der Waals surface area contributed by atoms with Crippen molar-refractivity contribution in [3.05, 3.63) is 77.4 Å². The average Bonchev–Trinajstić information content (AvgIpc) is 3.53. The number of alkyl halides is 3. The van der Waals surface area contributed by atoms with Crippen LogP contribution in [-0.2, 0) is 27.2 Å². The highest BCUT2D eigenvalue weighted by atomic mass is 19.4. The van der Waals surface area contributed by atoms with E-state index >= 15 is 0 Å². The number of likely N-dealkylation sites (tertiary alicyclic amines) is 1. The van der Waals surface area contributed by atoms with Gasteiger partial charge in [0.15, 0.2) is 11.3 Å². The molecule has 48 heavy (non-hydrogen) atoms. The molecule has 4 amide bonds. The molecule has 0 unspecified atom stereocenters. The van der Waals surface area contributed by atoms with Gasteiger partial charge < -0.3 is 15.1 Å². The van der Waals surface area contributed by atoms with Crippen LogP contribution in [0.4, 0.5) is 22.4 Å². The van der Waals surface area contributed by atoms with Gasteiger partial charge in [0, 0.05) is 43.4 Å². The number of Topliss-reactive ketones (excluding diaryl/α,β-unsaturated/α-hetero) is 1. The number of carbonyl (C=O) groups is 4. The average molecular weight is 664 g/mol. The number of imide groups is 1. The number of nitrogens with one attached hydrogen (secondary N) is 1. The molecule has 1 atom stereocenters. The fourth-order valence-corrected chi connectivity index (χ4v) is 7.30. The summed E-state index contributed by atoms with van der Waals surface area (Å²) < 4.78 is 57.8. The molecule has 1 spiro atoms. The summed E-state index contributed by atoms with van der Waals surface area (Å²) in [4.78, 5) is 57.1. The Kier molecular flexibility index (Phi) is 7.03. The van der Waals surface area contributed by atoms with Gasteiger partial charge in [0.2, 0.25) is 5.91 Å². The number of fused-ring (bicyclic) bond motifs is 2. The molecule has 3 aromatic rings. The third kappa shape index (κ3) is 4.76. The molecule has 248 valence electrons. The topological polar surface area (TPSA) is 132 Å². The lowest BCUT2D eigenvalue weighted by atomic mass is 9.87. The Morgan fingerprint density at radius 1 is 1.08 bits per heavy atom. The second kappa shape index (κ2) is 10.7. The van der Waals surface area contributed by atoms with Gasteiger partial charge in [-0.05, 0) is 54.8 Å². The summed E-state index contributed by atoms with van der Waals surface area (Å²) in [6.07, 6.45) is -2.23. The molecular weight excluding hydrogens is 634 g/mol. The van der Waals surface area contributed by atoms with Crippen molar-refractivity contribution in [3.8, 4) is 17.2 Å². The van der Waals surface area contributed by atoms with Crippen molar-refractivity contribution >= 4 is 23.6 Å². The van der Waals surface area contributed by atoms with Crippen molar-refractivity contribution in [2.24, 2.45) is 0 Å². The molecular formula is C33H29F4N7O4. The van der Waals surface area contributed by atoms with Gasteiger partial charge in [0.05, 0.1) is 18.7 Å². The summed E-state index contributed by atoms with van der Waals surface area (Å²) in [5.41, 5.74) is -2.82. The summed E-state index contributed by atoms with van der Waals surface area (Å²) in [5.74, 6) is -3.06. The minimum Gasteiger partial charge on any atom is -0.322 e. The molecule has 2 aromatic carbocycles. The van der Waals surface area contributed by atoms with Gasteiger partial charge in [-0.2, -0.15) is 23.5 Å². The van der Waals surface area contributed by atoms with Gasteiger partial charge >= 0.3 is 12.2 Å². The van der Waals surface area contributed by atoms with Crippen LogP contribution >= 0.6 is 0 Å². The molecule has 3 fully saturated rings. The van der Waals surface area contributed by atoms with E-state index in [2.05, 4.69) is 21.4 Å². The zero-order chi connectivity index (χ0) is 34.2. The van der Waals surface area contributed by atoms with Gasteiger partial charge in [-0.15, -0.1) is 0 Å². The number of ketones is 1.